The Kier molecular flexibility index (Phi) is 30.2. The number of allylic oxidation sites excluding steroid dienone is 6. The minimum Gasteiger partial charge on any atom is -0.462 e. The van der Waals surface area contributed by atoms with E-state index in [1.807, 2.05) is 0 Å². The maximum Gasteiger partial charge on any atom is 0.306 e. The van der Waals surface area contributed by atoms with Gasteiger partial charge < -0.3 is 14.6 Å². The summed E-state index contributed by atoms with van der Waals surface area (Å²) in [6.45, 7) is 4.05. The Morgan fingerprint density at radius 1 is 0.575 bits per heavy atom. The summed E-state index contributed by atoms with van der Waals surface area (Å²) in [6.07, 6.45) is 36.2. The molecule has 0 aliphatic heterocycles. The van der Waals surface area contributed by atoms with Gasteiger partial charge in [-0.05, 0) is 51.4 Å². The molecule has 1 N–H and O–H groups in total. The second kappa shape index (κ2) is 31.6. The van der Waals surface area contributed by atoms with Crippen molar-refractivity contribution in [2.45, 2.75) is 161 Å². The average Bonchev–Trinajstić information content (AvgIpc) is 2.96. The molecule has 0 aromatic heterocycles. The van der Waals surface area contributed by atoms with Gasteiger partial charge in [0.15, 0.2) is 6.10 Å². The van der Waals surface area contributed by atoms with E-state index < -0.39 is 6.10 Å². The van der Waals surface area contributed by atoms with Gasteiger partial charge in [-0.1, -0.05) is 127 Å². The van der Waals surface area contributed by atoms with E-state index in [0.29, 0.717) is 12.8 Å². The minimum atomic E-state index is -0.781. The van der Waals surface area contributed by atoms with Gasteiger partial charge in [0.1, 0.15) is 6.61 Å². The summed E-state index contributed by atoms with van der Waals surface area (Å²) in [5.41, 5.74) is 0. The Hall–Kier alpha value is -1.88. The maximum absolute atomic E-state index is 12.1. The number of hydrogen-bond acceptors (Lipinski definition) is 5. The molecule has 232 valence electrons. The lowest BCUT2D eigenvalue weighted by Gasteiger charge is -2.15. The summed E-state index contributed by atoms with van der Waals surface area (Å²) < 4.78 is 10.5. The molecule has 0 aromatic carbocycles. The van der Waals surface area contributed by atoms with Crippen LogP contribution in [0.2, 0.25) is 0 Å². The standard InChI is InChI=1S/C35H62O5/c1-3-5-7-9-11-13-15-16-17-18-20-21-23-25-27-29-34(37)39-32-33(31-36)40-35(38)30-28-26-24-22-19-14-12-10-8-6-4-2/h11,13,16-17,20-21,33,36H,3-10,12,14-15,18-19,22-32H2,1-2H3/b13-11-,17-16-,21-20-/t33-/m0/s1. The molecule has 0 heterocycles. The van der Waals surface area contributed by atoms with Crippen LogP contribution >= 0.6 is 0 Å². The topological polar surface area (TPSA) is 72.8 Å². The van der Waals surface area contributed by atoms with E-state index in [-0.39, 0.29) is 25.2 Å². The van der Waals surface area contributed by atoms with Crippen molar-refractivity contribution >= 4 is 11.9 Å². The van der Waals surface area contributed by atoms with Gasteiger partial charge in [0.05, 0.1) is 6.61 Å². The monoisotopic (exact) mass is 562 g/mol. The minimum absolute atomic E-state index is 0.0838. The van der Waals surface area contributed by atoms with Crippen molar-refractivity contribution in [3.05, 3.63) is 36.5 Å². The van der Waals surface area contributed by atoms with Crippen LogP contribution in [0.4, 0.5) is 0 Å². The number of aliphatic hydroxyl groups is 1. The van der Waals surface area contributed by atoms with Crippen molar-refractivity contribution in [2.75, 3.05) is 13.2 Å². The number of esters is 2. The fourth-order valence-electron chi connectivity index (χ4n) is 4.38. The predicted octanol–water partition coefficient (Wildman–Crippen LogP) is 9.72. The van der Waals surface area contributed by atoms with Gasteiger partial charge in [0, 0.05) is 12.8 Å². The number of carbonyl (C=O) groups is 2. The van der Waals surface area contributed by atoms with E-state index in [0.717, 1.165) is 51.4 Å². The number of hydrogen-bond donors (Lipinski definition) is 1. The number of carbonyl (C=O) groups excluding carboxylic acids is 2. The molecule has 5 nitrogen and oxygen atoms in total. The molecule has 0 spiro atoms. The zero-order valence-electron chi connectivity index (χ0n) is 26.1. The van der Waals surface area contributed by atoms with E-state index in [4.69, 9.17) is 9.47 Å². The number of unbranched alkanes of at least 4 members (excludes halogenated alkanes) is 15. The van der Waals surface area contributed by atoms with Gasteiger partial charge in [-0.25, -0.2) is 0 Å². The van der Waals surface area contributed by atoms with E-state index in [1.54, 1.807) is 0 Å². The Morgan fingerprint density at radius 3 is 1.55 bits per heavy atom. The first-order valence-electron chi connectivity index (χ1n) is 16.5. The lowest BCUT2D eigenvalue weighted by atomic mass is 10.1. The van der Waals surface area contributed by atoms with Crippen LogP contribution in [0.5, 0.6) is 0 Å². The van der Waals surface area contributed by atoms with Crippen molar-refractivity contribution < 1.29 is 24.2 Å². The number of ether oxygens (including phenoxy) is 2. The summed E-state index contributed by atoms with van der Waals surface area (Å²) in [7, 11) is 0. The van der Waals surface area contributed by atoms with Crippen LogP contribution in [0.1, 0.15) is 155 Å². The van der Waals surface area contributed by atoms with Gasteiger partial charge in [0.2, 0.25) is 0 Å². The highest BCUT2D eigenvalue weighted by atomic mass is 16.6. The molecule has 0 aliphatic carbocycles. The molecule has 0 radical (unpaired) electrons. The normalized spacial score (nSPS) is 12.6. The third-order valence-corrected chi connectivity index (χ3v) is 6.94. The first kappa shape index (κ1) is 38.1. The first-order valence-corrected chi connectivity index (χ1v) is 16.5. The van der Waals surface area contributed by atoms with E-state index in [2.05, 4.69) is 50.3 Å². The molecule has 5 heteroatoms. The molecule has 0 aromatic rings. The largest absolute Gasteiger partial charge is 0.462 e. The summed E-state index contributed by atoms with van der Waals surface area (Å²) >= 11 is 0. The van der Waals surface area contributed by atoms with E-state index >= 15 is 0 Å². The van der Waals surface area contributed by atoms with Gasteiger partial charge in [-0.15, -0.1) is 0 Å². The summed E-state index contributed by atoms with van der Waals surface area (Å²) in [5.74, 6) is -0.638. The quantitative estimate of drug-likeness (QED) is 0.0558. The van der Waals surface area contributed by atoms with Crippen LogP contribution in [-0.2, 0) is 19.1 Å². The summed E-state index contributed by atoms with van der Waals surface area (Å²) in [5, 5.41) is 9.48. The number of aliphatic hydroxyl groups excluding tert-OH is 1. The zero-order valence-corrected chi connectivity index (χ0v) is 26.1. The zero-order chi connectivity index (χ0) is 29.4. The predicted molar refractivity (Wildman–Crippen MR) is 168 cm³/mol. The highest BCUT2D eigenvalue weighted by Crippen LogP contribution is 2.12. The van der Waals surface area contributed by atoms with Gasteiger partial charge >= 0.3 is 11.9 Å². The van der Waals surface area contributed by atoms with Crippen molar-refractivity contribution in [3.63, 3.8) is 0 Å². The van der Waals surface area contributed by atoms with Gasteiger partial charge in [-0.2, -0.15) is 0 Å². The van der Waals surface area contributed by atoms with Gasteiger partial charge in [0.25, 0.3) is 0 Å². The number of rotatable bonds is 29. The SMILES string of the molecule is CCCCC/C=C\C/C=C\C/C=C\CCCCC(=O)OC[C@H](CO)OC(=O)CCCCCCCCCCCCC. The van der Waals surface area contributed by atoms with Crippen LogP contribution < -0.4 is 0 Å². The molecule has 0 unspecified atom stereocenters. The van der Waals surface area contributed by atoms with Crippen molar-refractivity contribution in [1.29, 1.82) is 0 Å². The molecule has 0 fully saturated rings. The summed E-state index contributed by atoms with van der Waals surface area (Å²) in [4.78, 5) is 24.0. The van der Waals surface area contributed by atoms with Crippen molar-refractivity contribution in [1.82, 2.24) is 0 Å². The highest BCUT2D eigenvalue weighted by molar-refractivity contribution is 5.70. The molecule has 0 rings (SSSR count). The lowest BCUT2D eigenvalue weighted by Crippen LogP contribution is -2.28. The van der Waals surface area contributed by atoms with Gasteiger partial charge in [-0.3, -0.25) is 9.59 Å². The molecule has 0 saturated heterocycles. The summed E-state index contributed by atoms with van der Waals surface area (Å²) in [6, 6.07) is 0. The fraction of sp³-hybridized carbons (Fsp3) is 0.771. The molecule has 0 bridgehead atoms. The average molecular weight is 563 g/mol. The van der Waals surface area contributed by atoms with E-state index in [1.165, 1.54) is 77.0 Å². The van der Waals surface area contributed by atoms with Crippen LogP contribution in [-0.4, -0.2) is 36.4 Å². The molecular formula is C35H62O5. The Balaban J connectivity index is 3.67. The Labute approximate surface area is 246 Å². The fourth-order valence-corrected chi connectivity index (χ4v) is 4.38. The first-order chi connectivity index (χ1) is 19.6. The van der Waals surface area contributed by atoms with Crippen LogP contribution in [0.3, 0.4) is 0 Å². The molecule has 1 atom stereocenters. The Bertz CT molecular complexity index is 652. The van der Waals surface area contributed by atoms with Crippen LogP contribution in [0.25, 0.3) is 0 Å². The van der Waals surface area contributed by atoms with E-state index in [9.17, 15) is 14.7 Å². The molecule has 0 saturated carbocycles. The van der Waals surface area contributed by atoms with Crippen molar-refractivity contribution in [2.24, 2.45) is 0 Å². The third kappa shape index (κ3) is 29.1. The molecular weight excluding hydrogens is 500 g/mol. The van der Waals surface area contributed by atoms with Crippen LogP contribution in [0.15, 0.2) is 36.5 Å². The second-order valence-electron chi connectivity index (χ2n) is 10.9. The molecule has 0 amide bonds. The third-order valence-electron chi connectivity index (χ3n) is 6.94. The smallest absolute Gasteiger partial charge is 0.306 e. The Morgan fingerprint density at radius 2 is 1.00 bits per heavy atom. The highest BCUT2D eigenvalue weighted by Gasteiger charge is 2.16. The lowest BCUT2D eigenvalue weighted by molar-refractivity contribution is -0.161. The second-order valence-corrected chi connectivity index (χ2v) is 10.9. The molecule has 40 heavy (non-hydrogen) atoms. The van der Waals surface area contributed by atoms with Crippen molar-refractivity contribution in [3.8, 4) is 0 Å². The molecule has 0 aliphatic rings. The maximum atomic E-state index is 12.1. The van der Waals surface area contributed by atoms with Crippen LogP contribution in [0, 0.1) is 0 Å².